The van der Waals surface area contributed by atoms with Gasteiger partial charge in [-0.1, -0.05) is 24.1 Å². The lowest BCUT2D eigenvalue weighted by molar-refractivity contribution is -0.115. The van der Waals surface area contributed by atoms with Gasteiger partial charge in [0.05, 0.1) is 6.42 Å². The Morgan fingerprint density at radius 2 is 2.00 bits per heavy atom. The molecule has 0 unspecified atom stereocenters. The number of terminal acetylenes is 1. The third-order valence-corrected chi connectivity index (χ3v) is 2.01. The van der Waals surface area contributed by atoms with Gasteiger partial charge in [0.1, 0.15) is 0 Å². The average Bonchev–Trinajstić information content (AvgIpc) is 2.12. The van der Waals surface area contributed by atoms with Crippen LogP contribution in [0.25, 0.3) is 0 Å². The van der Waals surface area contributed by atoms with Gasteiger partial charge in [0.25, 0.3) is 0 Å². The molecule has 0 radical (unpaired) electrons. The molecule has 1 aromatic rings. The average molecular weight is 187 g/mol. The van der Waals surface area contributed by atoms with Crippen LogP contribution in [-0.4, -0.2) is 5.91 Å². The Morgan fingerprint density at radius 1 is 1.43 bits per heavy atom. The number of anilines is 1. The van der Waals surface area contributed by atoms with Crippen LogP contribution in [0, 0.1) is 26.2 Å². The number of hydrogen-bond donors (Lipinski definition) is 1. The molecule has 0 bridgehead atoms. The van der Waals surface area contributed by atoms with Gasteiger partial charge in [-0.2, -0.15) is 0 Å². The van der Waals surface area contributed by atoms with Crippen molar-refractivity contribution in [3.63, 3.8) is 0 Å². The first-order chi connectivity index (χ1) is 6.65. The summed E-state index contributed by atoms with van der Waals surface area (Å²) >= 11 is 0. The zero-order valence-electron chi connectivity index (χ0n) is 8.42. The summed E-state index contributed by atoms with van der Waals surface area (Å²) < 4.78 is 0. The van der Waals surface area contributed by atoms with Crippen molar-refractivity contribution in [3.05, 3.63) is 29.3 Å². The van der Waals surface area contributed by atoms with E-state index >= 15 is 0 Å². The normalized spacial score (nSPS) is 9.21. The van der Waals surface area contributed by atoms with Crippen molar-refractivity contribution < 1.29 is 4.79 Å². The second-order valence-electron chi connectivity index (χ2n) is 3.20. The first-order valence-corrected chi connectivity index (χ1v) is 4.44. The Balaban J connectivity index is 2.87. The number of hydrogen-bond acceptors (Lipinski definition) is 1. The van der Waals surface area contributed by atoms with E-state index in [-0.39, 0.29) is 12.3 Å². The molecule has 2 nitrogen and oxygen atoms in total. The van der Waals surface area contributed by atoms with Gasteiger partial charge in [-0.3, -0.25) is 4.79 Å². The van der Waals surface area contributed by atoms with Crippen LogP contribution in [0.3, 0.4) is 0 Å². The molecular weight excluding hydrogens is 174 g/mol. The molecule has 0 saturated carbocycles. The maximum Gasteiger partial charge on any atom is 0.236 e. The Bertz CT molecular complexity index is 368. The molecule has 0 heterocycles. The Kier molecular flexibility index (Phi) is 3.30. The first-order valence-electron chi connectivity index (χ1n) is 4.44. The minimum atomic E-state index is -0.134. The molecule has 1 amide bonds. The highest BCUT2D eigenvalue weighted by molar-refractivity contribution is 5.93. The van der Waals surface area contributed by atoms with Gasteiger partial charge >= 0.3 is 0 Å². The van der Waals surface area contributed by atoms with E-state index < -0.39 is 0 Å². The van der Waals surface area contributed by atoms with Gasteiger partial charge in [0.15, 0.2) is 0 Å². The zero-order chi connectivity index (χ0) is 10.6. The van der Waals surface area contributed by atoms with Crippen LogP contribution in [0.2, 0.25) is 0 Å². The smallest absolute Gasteiger partial charge is 0.236 e. The molecule has 0 aromatic heterocycles. The number of nitrogens with one attached hydrogen (secondary N) is 1. The fraction of sp³-hybridized carbons (Fsp3) is 0.250. The van der Waals surface area contributed by atoms with E-state index in [9.17, 15) is 4.79 Å². The minimum Gasteiger partial charge on any atom is -0.325 e. The molecule has 14 heavy (non-hydrogen) atoms. The number of para-hydroxylation sites is 1. The SMILES string of the molecule is C#CCC(=O)Nc1c(C)cccc1C. The van der Waals surface area contributed by atoms with Crippen LogP contribution in [-0.2, 0) is 4.79 Å². The topological polar surface area (TPSA) is 29.1 Å². The van der Waals surface area contributed by atoms with Crippen LogP contribution in [0.5, 0.6) is 0 Å². The highest BCUT2D eigenvalue weighted by atomic mass is 16.1. The molecule has 1 rings (SSSR count). The van der Waals surface area contributed by atoms with Crippen LogP contribution >= 0.6 is 0 Å². The molecule has 1 aromatic carbocycles. The number of rotatable bonds is 2. The Hall–Kier alpha value is -1.75. The number of carbonyl (C=O) groups excluding carboxylic acids is 1. The lowest BCUT2D eigenvalue weighted by Crippen LogP contribution is -2.12. The largest absolute Gasteiger partial charge is 0.325 e. The highest BCUT2D eigenvalue weighted by Gasteiger charge is 2.05. The van der Waals surface area contributed by atoms with Gasteiger partial charge in [0.2, 0.25) is 5.91 Å². The molecule has 0 aliphatic carbocycles. The van der Waals surface area contributed by atoms with E-state index in [4.69, 9.17) is 6.42 Å². The van der Waals surface area contributed by atoms with Crippen molar-refractivity contribution in [3.8, 4) is 12.3 Å². The van der Waals surface area contributed by atoms with Gasteiger partial charge in [-0.05, 0) is 25.0 Å². The van der Waals surface area contributed by atoms with E-state index in [0.717, 1.165) is 16.8 Å². The van der Waals surface area contributed by atoms with Crippen molar-refractivity contribution in [1.29, 1.82) is 0 Å². The van der Waals surface area contributed by atoms with E-state index in [1.807, 2.05) is 32.0 Å². The Morgan fingerprint density at radius 3 is 2.50 bits per heavy atom. The van der Waals surface area contributed by atoms with Crippen molar-refractivity contribution in [1.82, 2.24) is 0 Å². The van der Waals surface area contributed by atoms with Crippen molar-refractivity contribution >= 4 is 11.6 Å². The standard InChI is InChI=1S/C12H13NO/c1-4-6-11(14)13-12-9(2)7-5-8-10(12)3/h1,5,7-8H,6H2,2-3H3,(H,13,14). The summed E-state index contributed by atoms with van der Waals surface area (Å²) in [6.07, 6.45) is 5.17. The fourth-order valence-electron chi connectivity index (χ4n) is 1.29. The van der Waals surface area contributed by atoms with Crippen LogP contribution in [0.15, 0.2) is 18.2 Å². The summed E-state index contributed by atoms with van der Waals surface area (Å²) in [7, 11) is 0. The second-order valence-corrected chi connectivity index (χ2v) is 3.20. The third-order valence-electron chi connectivity index (χ3n) is 2.01. The molecule has 0 aliphatic rings. The highest BCUT2D eigenvalue weighted by Crippen LogP contribution is 2.19. The molecular formula is C12H13NO. The van der Waals surface area contributed by atoms with Crippen molar-refractivity contribution in [2.24, 2.45) is 0 Å². The summed E-state index contributed by atoms with van der Waals surface area (Å²) in [6, 6.07) is 5.87. The molecule has 72 valence electrons. The number of aryl methyl sites for hydroxylation is 2. The Labute approximate surface area is 84.3 Å². The monoisotopic (exact) mass is 187 g/mol. The van der Waals surface area contributed by atoms with Crippen molar-refractivity contribution in [2.45, 2.75) is 20.3 Å². The number of amides is 1. The molecule has 1 N–H and O–H groups in total. The predicted octanol–water partition coefficient (Wildman–Crippen LogP) is 2.27. The minimum absolute atomic E-state index is 0.119. The fourth-order valence-corrected chi connectivity index (χ4v) is 1.29. The van der Waals surface area contributed by atoms with E-state index in [0.29, 0.717) is 0 Å². The van der Waals surface area contributed by atoms with E-state index in [1.54, 1.807) is 0 Å². The van der Waals surface area contributed by atoms with E-state index in [1.165, 1.54) is 0 Å². The van der Waals surface area contributed by atoms with Crippen molar-refractivity contribution in [2.75, 3.05) is 5.32 Å². The summed E-state index contributed by atoms with van der Waals surface area (Å²) in [4.78, 5) is 11.3. The maximum atomic E-state index is 11.3. The first kappa shape index (κ1) is 10.3. The summed E-state index contributed by atoms with van der Waals surface area (Å²) in [5.41, 5.74) is 2.97. The molecule has 0 aliphatic heterocycles. The van der Waals surface area contributed by atoms with Crippen LogP contribution in [0.4, 0.5) is 5.69 Å². The molecule has 0 atom stereocenters. The van der Waals surface area contributed by atoms with Crippen LogP contribution < -0.4 is 5.32 Å². The lowest BCUT2D eigenvalue weighted by Gasteiger charge is -2.09. The summed E-state index contributed by atoms with van der Waals surface area (Å²) in [6.45, 7) is 3.91. The third kappa shape index (κ3) is 2.37. The van der Waals surface area contributed by atoms with E-state index in [2.05, 4.69) is 11.2 Å². The second kappa shape index (κ2) is 4.48. The quantitative estimate of drug-likeness (QED) is 0.707. The number of benzene rings is 1. The molecule has 0 spiro atoms. The summed E-state index contributed by atoms with van der Waals surface area (Å²) in [5, 5.41) is 2.80. The molecule has 0 saturated heterocycles. The number of carbonyl (C=O) groups is 1. The predicted molar refractivity (Wildman–Crippen MR) is 58.0 cm³/mol. The van der Waals surface area contributed by atoms with Gasteiger partial charge in [0, 0.05) is 5.69 Å². The summed E-state index contributed by atoms with van der Waals surface area (Å²) in [5.74, 6) is 2.18. The molecule has 2 heteroatoms. The van der Waals surface area contributed by atoms with Gasteiger partial charge < -0.3 is 5.32 Å². The van der Waals surface area contributed by atoms with Gasteiger partial charge in [-0.15, -0.1) is 6.42 Å². The lowest BCUT2D eigenvalue weighted by atomic mass is 10.1. The molecule has 0 fully saturated rings. The zero-order valence-corrected chi connectivity index (χ0v) is 8.42. The van der Waals surface area contributed by atoms with Gasteiger partial charge in [-0.25, -0.2) is 0 Å². The van der Waals surface area contributed by atoms with Crippen LogP contribution in [0.1, 0.15) is 17.5 Å². The maximum absolute atomic E-state index is 11.3.